The lowest BCUT2D eigenvalue weighted by atomic mass is 10.0. The number of hydrogen-bond acceptors (Lipinski definition) is 5. The molecule has 0 atom stereocenters. The average molecular weight is 466 g/mol. The fraction of sp³-hybridized carbons (Fsp3) is 0.111. The molecule has 5 aromatic rings. The molecule has 0 saturated carbocycles. The summed E-state index contributed by atoms with van der Waals surface area (Å²) in [7, 11) is 0. The van der Waals surface area contributed by atoms with Crippen molar-refractivity contribution >= 4 is 28.0 Å². The van der Waals surface area contributed by atoms with Crippen LogP contribution in [0.15, 0.2) is 84.0 Å². The molecule has 5 rings (SSSR count). The Balaban J connectivity index is 1.62. The van der Waals surface area contributed by atoms with Crippen molar-refractivity contribution in [2.75, 3.05) is 0 Å². The number of H-pyrrole nitrogens is 2. The van der Waals surface area contributed by atoms with Crippen molar-refractivity contribution in [1.29, 1.82) is 0 Å². The number of benzene rings is 3. The molecule has 8 heteroatoms. The van der Waals surface area contributed by atoms with E-state index in [1.807, 2.05) is 60.8 Å². The second-order valence-corrected chi connectivity index (χ2v) is 8.55. The van der Waals surface area contributed by atoms with Crippen LogP contribution in [-0.2, 0) is 0 Å². The van der Waals surface area contributed by atoms with Gasteiger partial charge in [-0.25, -0.2) is 9.98 Å². The number of fused-ring (bicyclic) bond motifs is 1. The monoisotopic (exact) mass is 465 g/mol. The van der Waals surface area contributed by atoms with Gasteiger partial charge in [0.25, 0.3) is 5.69 Å². The van der Waals surface area contributed by atoms with Crippen molar-refractivity contribution in [2.24, 2.45) is 4.99 Å². The number of hydrogen-bond donors (Lipinski definition) is 3. The van der Waals surface area contributed by atoms with Gasteiger partial charge in [0.15, 0.2) is 5.88 Å². The third kappa shape index (κ3) is 4.29. The highest BCUT2D eigenvalue weighted by molar-refractivity contribution is 6.22. The van der Waals surface area contributed by atoms with E-state index in [0.717, 1.165) is 22.6 Å². The zero-order valence-corrected chi connectivity index (χ0v) is 19.2. The summed E-state index contributed by atoms with van der Waals surface area (Å²) in [6.45, 7) is 4.17. The molecule has 0 amide bonds. The average Bonchev–Trinajstić information content (AvgIpc) is 3.48. The van der Waals surface area contributed by atoms with Crippen molar-refractivity contribution < 1.29 is 10.0 Å². The Labute approximate surface area is 201 Å². The van der Waals surface area contributed by atoms with E-state index in [1.54, 1.807) is 6.07 Å². The van der Waals surface area contributed by atoms with Crippen LogP contribution in [0.4, 0.5) is 11.4 Å². The van der Waals surface area contributed by atoms with E-state index in [2.05, 4.69) is 28.8 Å². The predicted molar refractivity (Wildman–Crippen MR) is 136 cm³/mol. The van der Waals surface area contributed by atoms with Gasteiger partial charge < -0.3 is 15.1 Å². The van der Waals surface area contributed by atoms with E-state index in [0.29, 0.717) is 33.8 Å². The summed E-state index contributed by atoms with van der Waals surface area (Å²) in [5.74, 6) is 1.14. The molecule has 0 spiro atoms. The summed E-state index contributed by atoms with van der Waals surface area (Å²) in [6, 6.07) is 21.6. The second-order valence-electron chi connectivity index (χ2n) is 8.55. The molecule has 0 aliphatic heterocycles. The largest absolute Gasteiger partial charge is 0.494 e. The van der Waals surface area contributed by atoms with Crippen LogP contribution in [0.5, 0.6) is 5.88 Å². The third-order valence-electron chi connectivity index (χ3n) is 5.82. The van der Waals surface area contributed by atoms with Gasteiger partial charge in [-0.3, -0.25) is 10.1 Å². The van der Waals surface area contributed by atoms with Crippen molar-refractivity contribution in [3.8, 4) is 17.1 Å². The molecule has 174 valence electrons. The molecule has 8 nitrogen and oxygen atoms in total. The van der Waals surface area contributed by atoms with Crippen LogP contribution < -0.4 is 0 Å². The Hall–Kier alpha value is -4.72. The Morgan fingerprint density at radius 3 is 2.43 bits per heavy atom. The topological polar surface area (TPSA) is 120 Å². The summed E-state index contributed by atoms with van der Waals surface area (Å²) in [4.78, 5) is 26.5. The van der Waals surface area contributed by atoms with Crippen molar-refractivity contribution in [1.82, 2.24) is 15.0 Å². The number of aromatic hydroxyl groups is 1. The zero-order chi connectivity index (χ0) is 24.5. The van der Waals surface area contributed by atoms with Crippen LogP contribution in [0.3, 0.4) is 0 Å². The number of imidazole rings is 1. The molecule has 0 aliphatic rings. The lowest BCUT2D eigenvalue weighted by Gasteiger charge is -2.08. The molecule has 0 aliphatic carbocycles. The first kappa shape index (κ1) is 22.1. The first-order chi connectivity index (χ1) is 16.9. The first-order valence-electron chi connectivity index (χ1n) is 11.2. The van der Waals surface area contributed by atoms with Gasteiger partial charge in [-0.2, -0.15) is 0 Å². The molecular weight excluding hydrogens is 442 g/mol. The van der Waals surface area contributed by atoms with Gasteiger partial charge >= 0.3 is 0 Å². The van der Waals surface area contributed by atoms with E-state index in [9.17, 15) is 15.2 Å². The first-order valence-corrected chi connectivity index (χ1v) is 11.2. The quantitative estimate of drug-likeness (QED) is 0.151. The molecule has 2 aromatic heterocycles. The van der Waals surface area contributed by atoms with Crippen molar-refractivity contribution in [3.63, 3.8) is 0 Å². The van der Waals surface area contributed by atoms with Gasteiger partial charge in [0, 0.05) is 34.5 Å². The number of rotatable bonds is 6. The molecule has 2 heterocycles. The van der Waals surface area contributed by atoms with Crippen LogP contribution in [0, 0.1) is 10.1 Å². The Morgan fingerprint density at radius 2 is 1.77 bits per heavy atom. The van der Waals surface area contributed by atoms with Crippen LogP contribution in [0.1, 0.15) is 36.7 Å². The SMILES string of the molecule is CC(C)c1ncc(-c2ccc(N=C(c3ccccc3)c3c(O)[nH]c4ccc([N+](=O)[O-])cc34)cc2)[nH]1. The fourth-order valence-electron chi connectivity index (χ4n) is 4.00. The number of nitro benzene ring substituents is 1. The van der Waals surface area contributed by atoms with E-state index in [1.165, 1.54) is 12.1 Å². The normalized spacial score (nSPS) is 11.9. The summed E-state index contributed by atoms with van der Waals surface area (Å²) in [5.41, 5.74) is 4.80. The molecule has 0 bridgehead atoms. The Morgan fingerprint density at radius 1 is 1.03 bits per heavy atom. The van der Waals surface area contributed by atoms with Gasteiger partial charge in [-0.1, -0.05) is 56.3 Å². The summed E-state index contributed by atoms with van der Waals surface area (Å²) in [6.07, 6.45) is 1.82. The van der Waals surface area contributed by atoms with Gasteiger partial charge in [0.1, 0.15) is 5.82 Å². The minimum atomic E-state index is -0.453. The minimum Gasteiger partial charge on any atom is -0.494 e. The number of nitrogens with zero attached hydrogens (tertiary/aromatic N) is 3. The number of nitrogens with one attached hydrogen (secondary N) is 2. The highest BCUT2D eigenvalue weighted by Gasteiger charge is 2.21. The molecule has 0 unspecified atom stereocenters. The number of non-ortho nitro benzene ring substituents is 1. The van der Waals surface area contributed by atoms with Gasteiger partial charge in [-0.05, 0) is 23.8 Å². The molecular formula is C27H23N5O3. The zero-order valence-electron chi connectivity index (χ0n) is 19.2. The summed E-state index contributed by atoms with van der Waals surface area (Å²) >= 11 is 0. The van der Waals surface area contributed by atoms with Crippen molar-refractivity contribution in [3.05, 3.63) is 106 Å². The highest BCUT2D eigenvalue weighted by Crippen LogP contribution is 2.34. The van der Waals surface area contributed by atoms with Gasteiger partial charge in [-0.15, -0.1) is 0 Å². The standard InChI is InChI=1S/C27H23N5O3/c1-16(2)26-28-15-23(30-26)17-8-10-19(11-9-17)29-25(18-6-4-3-5-7-18)24-21-14-20(32(34)35)12-13-22(21)31-27(24)33/h3-16,31,33H,1-2H3,(H,28,30). The molecule has 0 saturated heterocycles. The number of aromatic nitrogens is 3. The predicted octanol–water partition coefficient (Wildman–Crippen LogP) is 6.46. The maximum Gasteiger partial charge on any atom is 0.270 e. The van der Waals surface area contributed by atoms with Crippen molar-refractivity contribution in [2.45, 2.75) is 19.8 Å². The van der Waals surface area contributed by atoms with E-state index in [4.69, 9.17) is 4.99 Å². The van der Waals surface area contributed by atoms with Crippen LogP contribution in [-0.4, -0.2) is 30.7 Å². The molecule has 0 radical (unpaired) electrons. The van der Waals surface area contributed by atoms with Gasteiger partial charge in [0.2, 0.25) is 0 Å². The smallest absolute Gasteiger partial charge is 0.270 e. The Kier molecular flexibility index (Phi) is 5.62. The fourth-order valence-corrected chi connectivity index (χ4v) is 4.00. The minimum absolute atomic E-state index is 0.0603. The Bertz CT molecular complexity index is 1550. The number of aromatic amines is 2. The summed E-state index contributed by atoms with van der Waals surface area (Å²) in [5, 5.41) is 22.7. The van der Waals surface area contributed by atoms with E-state index in [-0.39, 0.29) is 11.6 Å². The van der Waals surface area contributed by atoms with Crippen LogP contribution >= 0.6 is 0 Å². The number of aliphatic imine (C=N–C) groups is 1. The van der Waals surface area contributed by atoms with Gasteiger partial charge in [0.05, 0.1) is 33.8 Å². The molecule has 3 aromatic carbocycles. The van der Waals surface area contributed by atoms with E-state index >= 15 is 0 Å². The highest BCUT2D eigenvalue weighted by atomic mass is 16.6. The lowest BCUT2D eigenvalue weighted by Crippen LogP contribution is -2.03. The molecule has 0 fully saturated rings. The maximum atomic E-state index is 11.4. The van der Waals surface area contributed by atoms with Crippen LogP contribution in [0.25, 0.3) is 22.2 Å². The summed E-state index contributed by atoms with van der Waals surface area (Å²) < 4.78 is 0. The van der Waals surface area contributed by atoms with Crippen LogP contribution in [0.2, 0.25) is 0 Å². The number of nitro groups is 1. The second kappa shape index (κ2) is 8.90. The molecule has 35 heavy (non-hydrogen) atoms. The maximum absolute atomic E-state index is 11.4. The van der Waals surface area contributed by atoms with E-state index < -0.39 is 4.92 Å². The molecule has 3 N–H and O–H groups in total. The third-order valence-corrected chi connectivity index (χ3v) is 5.82. The lowest BCUT2D eigenvalue weighted by molar-refractivity contribution is -0.384.